The lowest BCUT2D eigenvalue weighted by molar-refractivity contribution is -0.0568. The molecule has 0 fully saturated rings. The predicted molar refractivity (Wildman–Crippen MR) is 104 cm³/mol. The first-order valence-corrected chi connectivity index (χ1v) is 8.91. The Morgan fingerprint density at radius 2 is 0.600 bits per heavy atom. The molecule has 0 amide bonds. The maximum absolute atomic E-state index is 16.1. The number of halogens is 1. The van der Waals surface area contributed by atoms with Gasteiger partial charge in [-0.3, -0.25) is 0 Å². The van der Waals surface area contributed by atoms with E-state index in [0.29, 0.717) is 11.1 Å². The Bertz CT molecular complexity index is 743. The van der Waals surface area contributed by atoms with Crippen LogP contribution in [0.15, 0.2) is 0 Å². The van der Waals surface area contributed by atoms with Gasteiger partial charge in [0.2, 0.25) is 0 Å². The van der Waals surface area contributed by atoms with Crippen LogP contribution in [0.1, 0.15) is 66.8 Å². The molecule has 25 heavy (non-hydrogen) atoms. The largest absolute Gasteiger partial charge is 0.355 e. The molecule has 2 heteroatoms. The third kappa shape index (κ3) is 2.71. The Morgan fingerprint density at radius 3 is 0.800 bits per heavy atom. The Morgan fingerprint density at radius 1 is 0.440 bits per heavy atom. The Hall–Kier alpha value is -1.67. The summed E-state index contributed by atoms with van der Waals surface area (Å²) in [5, 5.41) is 11.2. The summed E-state index contributed by atoms with van der Waals surface area (Å²) in [6.07, 6.45) is 0. The molecule has 1 nitrogen and oxygen atoms in total. The molecule has 0 bridgehead atoms. The first-order chi connectivity index (χ1) is 11.4. The summed E-state index contributed by atoms with van der Waals surface area (Å²) in [6.45, 7) is 19.8. The van der Waals surface area contributed by atoms with Crippen molar-refractivity contribution < 1.29 is 9.50 Å². The van der Waals surface area contributed by atoms with E-state index >= 15 is 4.39 Å². The summed E-state index contributed by atoms with van der Waals surface area (Å²) < 4.78 is 16.1. The molecular weight excluding hydrogens is 311 g/mol. The van der Waals surface area contributed by atoms with Crippen molar-refractivity contribution in [1.29, 1.82) is 0 Å². The molecule has 0 heterocycles. The van der Waals surface area contributed by atoms with Gasteiger partial charge in [-0.05, 0) is 125 Å². The molecule has 1 N–H and O–H groups in total. The van der Waals surface area contributed by atoms with Crippen molar-refractivity contribution in [2.45, 2.75) is 75.1 Å². The summed E-state index contributed by atoms with van der Waals surface area (Å²) in [4.78, 5) is 0. The highest BCUT2D eigenvalue weighted by molar-refractivity contribution is 5.58. The average molecular weight is 342 g/mol. The van der Waals surface area contributed by atoms with Crippen LogP contribution in [-0.2, 0) is 5.85 Å². The van der Waals surface area contributed by atoms with Gasteiger partial charge in [-0.15, -0.1) is 0 Å². The summed E-state index contributed by atoms with van der Waals surface area (Å²) in [7, 11) is 0. The van der Waals surface area contributed by atoms with Gasteiger partial charge < -0.3 is 5.11 Å². The van der Waals surface area contributed by atoms with Crippen LogP contribution in [-0.4, -0.2) is 5.11 Å². The van der Waals surface area contributed by atoms with E-state index in [0.717, 1.165) is 44.5 Å². The maximum atomic E-state index is 16.1. The number of aliphatic hydroxyl groups is 1. The van der Waals surface area contributed by atoms with Crippen molar-refractivity contribution in [1.82, 2.24) is 0 Å². The molecule has 2 aromatic carbocycles. The number of hydrogen-bond acceptors (Lipinski definition) is 1. The Labute approximate surface area is 151 Å². The van der Waals surface area contributed by atoms with Crippen molar-refractivity contribution in [3.05, 3.63) is 66.8 Å². The number of alkyl halides is 1. The molecule has 0 saturated heterocycles. The third-order valence-corrected chi connectivity index (χ3v) is 6.66. The molecule has 2 aromatic rings. The van der Waals surface area contributed by atoms with Gasteiger partial charge in [0.15, 0.2) is 0 Å². The zero-order valence-corrected chi connectivity index (χ0v) is 17.3. The lowest BCUT2D eigenvalue weighted by atomic mass is 9.79. The van der Waals surface area contributed by atoms with Crippen LogP contribution in [0.3, 0.4) is 0 Å². The van der Waals surface area contributed by atoms with E-state index < -0.39 is 5.85 Å². The molecule has 0 aliphatic heterocycles. The van der Waals surface area contributed by atoms with Gasteiger partial charge in [-0.1, -0.05) is 0 Å². The van der Waals surface area contributed by atoms with E-state index in [2.05, 4.69) is 13.8 Å². The van der Waals surface area contributed by atoms with Gasteiger partial charge in [0.05, 0.1) is 0 Å². The van der Waals surface area contributed by atoms with E-state index in [1.807, 2.05) is 55.4 Å². The standard InChI is InChI=1S/C23H31FO/c1-11-13(3)17(7)21(18(8)14(11)4)23(24,25)22-19(9)15(5)12(2)16(6)20(22)10/h25H,1-10H3. The molecule has 0 radical (unpaired) electrons. The van der Waals surface area contributed by atoms with Crippen molar-refractivity contribution in [2.24, 2.45) is 0 Å². The first-order valence-electron chi connectivity index (χ1n) is 8.91. The third-order valence-electron chi connectivity index (χ3n) is 6.66. The molecule has 0 aliphatic rings. The minimum absolute atomic E-state index is 0.405. The SMILES string of the molecule is Cc1c(C)c(C)c(C(O)(F)c2c(C)c(C)c(C)c(C)c2C)c(C)c1C. The van der Waals surface area contributed by atoms with Crippen molar-refractivity contribution >= 4 is 0 Å². The van der Waals surface area contributed by atoms with Crippen LogP contribution in [0.25, 0.3) is 0 Å². The van der Waals surface area contributed by atoms with Crippen molar-refractivity contribution in [3.8, 4) is 0 Å². The lowest BCUT2D eigenvalue weighted by Crippen LogP contribution is -2.28. The van der Waals surface area contributed by atoms with Crippen LogP contribution in [0.2, 0.25) is 0 Å². The van der Waals surface area contributed by atoms with E-state index in [9.17, 15) is 5.11 Å². The minimum Gasteiger partial charge on any atom is -0.355 e. The molecule has 0 saturated carbocycles. The number of rotatable bonds is 2. The topological polar surface area (TPSA) is 20.2 Å². The zero-order valence-electron chi connectivity index (χ0n) is 17.3. The normalized spacial score (nSPS) is 12.0. The summed E-state index contributed by atoms with van der Waals surface area (Å²) in [6, 6.07) is 0. The predicted octanol–water partition coefficient (Wildman–Crippen LogP) is 5.93. The van der Waals surface area contributed by atoms with Gasteiger partial charge in [0, 0.05) is 11.1 Å². The van der Waals surface area contributed by atoms with Crippen LogP contribution >= 0.6 is 0 Å². The van der Waals surface area contributed by atoms with Gasteiger partial charge in [0.25, 0.3) is 5.85 Å². The maximum Gasteiger partial charge on any atom is 0.260 e. The van der Waals surface area contributed by atoms with Gasteiger partial charge in [-0.25, -0.2) is 4.39 Å². The van der Waals surface area contributed by atoms with Crippen molar-refractivity contribution in [2.75, 3.05) is 0 Å². The number of hydrogen-bond donors (Lipinski definition) is 1. The first kappa shape index (κ1) is 19.7. The van der Waals surface area contributed by atoms with Crippen LogP contribution in [0.4, 0.5) is 4.39 Å². The molecule has 0 unspecified atom stereocenters. The van der Waals surface area contributed by atoms with Gasteiger partial charge in [-0.2, -0.15) is 0 Å². The lowest BCUT2D eigenvalue weighted by Gasteiger charge is -2.31. The fourth-order valence-electron chi connectivity index (χ4n) is 4.12. The van der Waals surface area contributed by atoms with Crippen LogP contribution < -0.4 is 0 Å². The monoisotopic (exact) mass is 342 g/mol. The molecule has 136 valence electrons. The number of benzene rings is 2. The smallest absolute Gasteiger partial charge is 0.260 e. The zero-order chi connectivity index (χ0) is 19.4. The average Bonchev–Trinajstić information content (AvgIpc) is 2.54. The van der Waals surface area contributed by atoms with E-state index in [4.69, 9.17) is 0 Å². The summed E-state index contributed by atoms with van der Waals surface area (Å²) in [5.74, 6) is -2.51. The van der Waals surface area contributed by atoms with E-state index in [1.54, 1.807) is 0 Å². The molecule has 0 spiro atoms. The van der Waals surface area contributed by atoms with Crippen LogP contribution in [0.5, 0.6) is 0 Å². The van der Waals surface area contributed by atoms with E-state index in [1.165, 1.54) is 11.1 Å². The Balaban J connectivity index is 2.96. The summed E-state index contributed by atoms with van der Waals surface area (Å²) in [5.41, 5.74) is 10.7. The second-order valence-electron chi connectivity index (χ2n) is 7.62. The minimum atomic E-state index is -2.51. The molecule has 2 rings (SSSR count). The van der Waals surface area contributed by atoms with Gasteiger partial charge >= 0.3 is 0 Å². The van der Waals surface area contributed by atoms with E-state index in [-0.39, 0.29) is 0 Å². The van der Waals surface area contributed by atoms with Gasteiger partial charge in [0.1, 0.15) is 0 Å². The Kier molecular flexibility index (Phi) is 4.91. The van der Waals surface area contributed by atoms with Crippen molar-refractivity contribution in [3.63, 3.8) is 0 Å². The highest BCUT2D eigenvalue weighted by Gasteiger charge is 2.39. The fraction of sp³-hybridized carbons (Fsp3) is 0.478. The highest BCUT2D eigenvalue weighted by Crippen LogP contribution is 2.43. The van der Waals surface area contributed by atoms with Crippen LogP contribution in [0, 0.1) is 69.2 Å². The summed E-state index contributed by atoms with van der Waals surface area (Å²) >= 11 is 0. The molecule has 0 atom stereocenters. The highest BCUT2D eigenvalue weighted by atomic mass is 19.2. The molecule has 0 aliphatic carbocycles. The quantitative estimate of drug-likeness (QED) is 0.717. The second kappa shape index (κ2) is 6.25. The molecular formula is C23H31FO. The molecule has 0 aromatic heterocycles. The fourth-order valence-corrected chi connectivity index (χ4v) is 4.12. The second-order valence-corrected chi connectivity index (χ2v) is 7.62.